The van der Waals surface area contributed by atoms with E-state index in [-0.39, 0.29) is 12.1 Å². The molecule has 5 nitrogen and oxygen atoms in total. The lowest BCUT2D eigenvalue weighted by atomic mass is 10.2. The standard InChI is InChI=1S/C16H27O5P/c1-6-19-16(17)12-14(4)10-9-11-15(5)13-22(18,20-7-2)21-8-3/h9-12H,6-8,13H2,1-5H3. The molecule has 0 unspecified atom stereocenters. The van der Waals surface area contributed by atoms with Gasteiger partial charge in [-0.15, -0.1) is 0 Å². The molecule has 0 aromatic heterocycles. The highest BCUT2D eigenvalue weighted by Crippen LogP contribution is 2.49. The van der Waals surface area contributed by atoms with Gasteiger partial charge in [-0.25, -0.2) is 4.79 Å². The van der Waals surface area contributed by atoms with Gasteiger partial charge in [-0.05, 0) is 40.2 Å². The molecule has 6 heteroatoms. The van der Waals surface area contributed by atoms with Gasteiger partial charge < -0.3 is 13.8 Å². The summed E-state index contributed by atoms with van der Waals surface area (Å²) in [6.45, 7) is 10.1. The first-order chi connectivity index (χ1) is 10.4. The van der Waals surface area contributed by atoms with Gasteiger partial charge in [0.2, 0.25) is 0 Å². The summed E-state index contributed by atoms with van der Waals surface area (Å²) in [6, 6.07) is 0. The highest BCUT2D eigenvalue weighted by atomic mass is 31.2. The van der Waals surface area contributed by atoms with E-state index < -0.39 is 7.60 Å². The number of rotatable bonds is 10. The van der Waals surface area contributed by atoms with E-state index in [2.05, 4.69) is 0 Å². The lowest BCUT2D eigenvalue weighted by Crippen LogP contribution is -2.01. The highest BCUT2D eigenvalue weighted by Gasteiger charge is 2.23. The van der Waals surface area contributed by atoms with Crippen LogP contribution in [0.2, 0.25) is 0 Å². The largest absolute Gasteiger partial charge is 0.463 e. The summed E-state index contributed by atoms with van der Waals surface area (Å²) in [4.78, 5) is 11.3. The summed E-state index contributed by atoms with van der Waals surface area (Å²) in [7, 11) is -3.06. The molecule has 0 spiro atoms. The maximum Gasteiger partial charge on any atom is 0.334 e. The third-order valence-electron chi connectivity index (χ3n) is 2.47. The summed E-state index contributed by atoms with van der Waals surface area (Å²) in [6.07, 6.45) is 7.08. The summed E-state index contributed by atoms with van der Waals surface area (Å²) in [5.41, 5.74) is 1.66. The van der Waals surface area contributed by atoms with Crippen LogP contribution in [0.3, 0.4) is 0 Å². The second-order valence-electron chi connectivity index (χ2n) is 4.62. The number of hydrogen-bond acceptors (Lipinski definition) is 5. The monoisotopic (exact) mass is 330 g/mol. The molecule has 0 aliphatic carbocycles. The van der Waals surface area contributed by atoms with Crippen LogP contribution in [0, 0.1) is 0 Å². The molecule has 0 aliphatic rings. The summed E-state index contributed by atoms with van der Waals surface area (Å²) in [5.74, 6) is -0.359. The molecular formula is C16H27O5P. The van der Waals surface area contributed by atoms with Gasteiger partial charge in [0.25, 0.3) is 0 Å². The van der Waals surface area contributed by atoms with Gasteiger partial charge >= 0.3 is 13.6 Å². The molecule has 0 bridgehead atoms. The highest BCUT2D eigenvalue weighted by molar-refractivity contribution is 7.54. The van der Waals surface area contributed by atoms with Crippen molar-refractivity contribution in [2.24, 2.45) is 0 Å². The van der Waals surface area contributed by atoms with Crippen LogP contribution in [0.5, 0.6) is 0 Å². The predicted octanol–water partition coefficient (Wildman–Crippen LogP) is 4.26. The fourth-order valence-corrected chi connectivity index (χ4v) is 3.42. The van der Waals surface area contributed by atoms with E-state index in [0.717, 1.165) is 11.1 Å². The van der Waals surface area contributed by atoms with Crippen LogP contribution in [-0.2, 0) is 23.1 Å². The van der Waals surface area contributed by atoms with Crippen molar-refractivity contribution >= 4 is 13.6 Å². The Hall–Kier alpha value is -1.16. The SMILES string of the molecule is CCOC(=O)C=C(C)C=CC=C(C)CP(=O)(OCC)OCC. The fourth-order valence-electron chi connectivity index (χ4n) is 1.66. The lowest BCUT2D eigenvalue weighted by Gasteiger charge is -2.16. The minimum Gasteiger partial charge on any atom is -0.463 e. The van der Waals surface area contributed by atoms with Crippen molar-refractivity contribution in [1.82, 2.24) is 0 Å². The number of ether oxygens (including phenoxy) is 1. The molecule has 0 N–H and O–H groups in total. The first-order valence-corrected chi connectivity index (χ1v) is 9.16. The van der Waals surface area contributed by atoms with E-state index in [4.69, 9.17) is 13.8 Å². The van der Waals surface area contributed by atoms with Gasteiger partial charge in [0.05, 0.1) is 26.0 Å². The predicted molar refractivity (Wildman–Crippen MR) is 89.0 cm³/mol. The average molecular weight is 330 g/mol. The Labute approximate surface area is 133 Å². The second kappa shape index (κ2) is 11.4. The minimum atomic E-state index is -3.06. The molecule has 126 valence electrons. The molecule has 0 aromatic rings. The van der Waals surface area contributed by atoms with Crippen molar-refractivity contribution < 1.29 is 23.1 Å². The lowest BCUT2D eigenvalue weighted by molar-refractivity contribution is -0.137. The smallest absolute Gasteiger partial charge is 0.334 e. The van der Waals surface area contributed by atoms with E-state index in [1.165, 1.54) is 6.08 Å². The van der Waals surface area contributed by atoms with Crippen molar-refractivity contribution in [2.75, 3.05) is 26.0 Å². The van der Waals surface area contributed by atoms with Crippen molar-refractivity contribution in [2.45, 2.75) is 34.6 Å². The molecule has 0 aliphatic heterocycles. The second-order valence-corrected chi connectivity index (χ2v) is 6.67. The Morgan fingerprint density at radius 3 is 2.14 bits per heavy atom. The van der Waals surface area contributed by atoms with E-state index >= 15 is 0 Å². The van der Waals surface area contributed by atoms with Crippen LogP contribution in [0.1, 0.15) is 34.6 Å². The summed E-state index contributed by atoms with van der Waals surface area (Å²) in [5, 5.41) is 0. The van der Waals surface area contributed by atoms with E-state index in [0.29, 0.717) is 19.8 Å². The molecular weight excluding hydrogens is 303 g/mol. The molecule has 0 heterocycles. The molecule has 0 saturated heterocycles. The fraction of sp³-hybridized carbons (Fsp3) is 0.562. The van der Waals surface area contributed by atoms with Crippen LogP contribution >= 0.6 is 7.60 Å². The first-order valence-electron chi connectivity index (χ1n) is 7.43. The van der Waals surface area contributed by atoms with E-state index in [1.54, 1.807) is 32.9 Å². The number of hydrogen-bond donors (Lipinski definition) is 0. The summed E-state index contributed by atoms with van der Waals surface area (Å²) < 4.78 is 27.7. The number of esters is 1. The maximum atomic E-state index is 12.4. The van der Waals surface area contributed by atoms with Crippen molar-refractivity contribution in [1.29, 1.82) is 0 Å². The maximum absolute atomic E-state index is 12.4. The third-order valence-corrected chi connectivity index (χ3v) is 4.66. The van der Waals surface area contributed by atoms with Gasteiger partial charge in [0.15, 0.2) is 0 Å². The molecule has 0 fully saturated rings. The molecule has 0 saturated carbocycles. The molecule has 0 amide bonds. The topological polar surface area (TPSA) is 61.8 Å². The van der Waals surface area contributed by atoms with Gasteiger partial charge in [-0.3, -0.25) is 4.57 Å². The van der Waals surface area contributed by atoms with Crippen LogP contribution < -0.4 is 0 Å². The molecule has 0 atom stereocenters. The zero-order valence-electron chi connectivity index (χ0n) is 14.1. The molecule has 0 rings (SSSR count). The van der Waals surface area contributed by atoms with Crippen molar-refractivity contribution in [3.8, 4) is 0 Å². The Kier molecular flexibility index (Phi) is 10.8. The van der Waals surface area contributed by atoms with E-state index in [9.17, 15) is 9.36 Å². The first kappa shape index (κ1) is 20.8. The Morgan fingerprint density at radius 1 is 1.05 bits per heavy atom. The molecule has 0 aromatic carbocycles. The average Bonchev–Trinajstić information content (AvgIpc) is 2.38. The molecule has 22 heavy (non-hydrogen) atoms. The van der Waals surface area contributed by atoms with Gasteiger partial charge in [-0.2, -0.15) is 0 Å². The normalized spacial score (nSPS) is 13.7. The summed E-state index contributed by atoms with van der Waals surface area (Å²) >= 11 is 0. The van der Waals surface area contributed by atoms with Gasteiger partial charge in [-0.1, -0.05) is 23.8 Å². The van der Waals surface area contributed by atoms with Crippen molar-refractivity contribution in [3.05, 3.63) is 35.5 Å². The zero-order chi connectivity index (χ0) is 17.0. The van der Waals surface area contributed by atoms with Crippen LogP contribution in [0.15, 0.2) is 35.5 Å². The van der Waals surface area contributed by atoms with Crippen molar-refractivity contribution in [3.63, 3.8) is 0 Å². The number of carbonyl (C=O) groups is 1. The minimum absolute atomic E-state index is 0.250. The van der Waals surface area contributed by atoms with Gasteiger partial charge in [0.1, 0.15) is 0 Å². The zero-order valence-corrected chi connectivity index (χ0v) is 15.0. The quantitative estimate of drug-likeness (QED) is 0.259. The number of allylic oxidation sites excluding steroid dienone is 5. The van der Waals surface area contributed by atoms with E-state index in [1.807, 2.05) is 19.9 Å². The van der Waals surface area contributed by atoms with Gasteiger partial charge in [0, 0.05) is 6.08 Å². The van der Waals surface area contributed by atoms with Crippen LogP contribution in [-0.4, -0.2) is 32.0 Å². The third kappa shape index (κ3) is 9.72. The van der Waals surface area contributed by atoms with Crippen LogP contribution in [0.25, 0.3) is 0 Å². The van der Waals surface area contributed by atoms with Crippen LogP contribution in [0.4, 0.5) is 0 Å². The number of carbonyl (C=O) groups excluding carboxylic acids is 1. The Balaban J connectivity index is 4.69. The Morgan fingerprint density at radius 2 is 1.64 bits per heavy atom. The molecule has 0 radical (unpaired) electrons. The Bertz CT molecular complexity index is 467.